The van der Waals surface area contributed by atoms with Gasteiger partial charge in [-0.05, 0) is 71.8 Å². The summed E-state index contributed by atoms with van der Waals surface area (Å²) in [5, 5.41) is 6.19. The monoisotopic (exact) mass is 472 g/mol. The molecule has 3 nitrogen and oxygen atoms in total. The van der Waals surface area contributed by atoms with Crippen molar-refractivity contribution in [1.29, 1.82) is 0 Å². The van der Waals surface area contributed by atoms with Crippen LogP contribution in [0.2, 0.25) is 0 Å². The van der Waals surface area contributed by atoms with Gasteiger partial charge in [0.15, 0.2) is 0 Å². The molecule has 3 heteroatoms. The van der Waals surface area contributed by atoms with E-state index in [1.807, 2.05) is 6.21 Å². The Morgan fingerprint density at radius 2 is 1.86 bits per heavy atom. The molecule has 0 amide bonds. The summed E-state index contributed by atoms with van der Waals surface area (Å²) in [6, 6.07) is 28.4. The van der Waals surface area contributed by atoms with Gasteiger partial charge in [0.25, 0.3) is 0 Å². The quantitative estimate of drug-likeness (QED) is 0.225. The van der Waals surface area contributed by atoms with Gasteiger partial charge in [-0.2, -0.15) is 0 Å². The van der Waals surface area contributed by atoms with E-state index < -0.39 is 0 Å². The first kappa shape index (κ1) is 22.6. The van der Waals surface area contributed by atoms with E-state index in [9.17, 15) is 0 Å². The average molecular weight is 473 g/mol. The number of nitrogens with one attached hydrogen (secondary N) is 1. The zero-order valence-electron chi connectivity index (χ0n) is 20.9. The number of benzene rings is 4. The van der Waals surface area contributed by atoms with Gasteiger partial charge in [0.2, 0.25) is 0 Å². The summed E-state index contributed by atoms with van der Waals surface area (Å²) in [5.74, 6) is 1.91. The van der Waals surface area contributed by atoms with Crippen LogP contribution >= 0.6 is 0 Å². The smallest absolute Gasteiger partial charge is 0.128 e. The van der Waals surface area contributed by atoms with Gasteiger partial charge in [-0.15, -0.1) is 0 Å². The fraction of sp³-hybridized carbons (Fsp3) is 0.242. The number of ether oxygens (including phenoxy) is 1. The molecule has 0 fully saturated rings. The number of hydrogen-bond donors (Lipinski definition) is 1. The predicted octanol–water partition coefficient (Wildman–Crippen LogP) is 8.51. The molecule has 4 aromatic rings. The maximum atomic E-state index is 6.05. The number of aryl methyl sites for hydroxylation is 1. The normalized spacial score (nSPS) is 20.3. The highest BCUT2D eigenvalue weighted by Gasteiger charge is 2.37. The van der Waals surface area contributed by atoms with Crippen LogP contribution in [0, 0.1) is 12.8 Å². The third-order valence-corrected chi connectivity index (χ3v) is 7.51. The molecule has 0 unspecified atom stereocenters. The topological polar surface area (TPSA) is 33.6 Å². The molecular weight excluding hydrogens is 440 g/mol. The molecule has 0 aromatic heterocycles. The van der Waals surface area contributed by atoms with E-state index in [-0.39, 0.29) is 0 Å². The second-order valence-corrected chi connectivity index (χ2v) is 9.96. The van der Waals surface area contributed by atoms with Crippen LogP contribution in [0.5, 0.6) is 5.75 Å². The van der Waals surface area contributed by atoms with Gasteiger partial charge in [0.1, 0.15) is 5.75 Å². The van der Waals surface area contributed by atoms with Crippen molar-refractivity contribution in [3.8, 4) is 5.75 Å². The van der Waals surface area contributed by atoms with E-state index in [2.05, 4.69) is 110 Å². The number of allylic oxidation sites excluding steroid dienone is 2. The summed E-state index contributed by atoms with van der Waals surface area (Å²) in [5.41, 5.74) is 7.31. The number of aliphatic imine (C=N–C) groups is 1. The van der Waals surface area contributed by atoms with Crippen molar-refractivity contribution in [2.24, 2.45) is 10.9 Å². The summed E-state index contributed by atoms with van der Waals surface area (Å²) >= 11 is 0. The Kier molecular flexibility index (Phi) is 6.06. The zero-order chi connectivity index (χ0) is 24.5. The van der Waals surface area contributed by atoms with Crippen LogP contribution in [-0.2, 0) is 0 Å². The number of rotatable bonds is 6. The van der Waals surface area contributed by atoms with Crippen molar-refractivity contribution in [1.82, 2.24) is 0 Å². The number of nitrogens with zero attached hydrogens (tertiary/aromatic N) is 1. The molecule has 4 aromatic carbocycles. The first-order valence-electron chi connectivity index (χ1n) is 13.0. The third-order valence-electron chi connectivity index (χ3n) is 7.51. The molecule has 1 aliphatic carbocycles. The Balaban J connectivity index is 1.28. The largest absolute Gasteiger partial charge is 0.493 e. The van der Waals surface area contributed by atoms with E-state index in [0.717, 1.165) is 35.2 Å². The molecule has 2 aliphatic rings. The first-order valence-corrected chi connectivity index (χ1v) is 13.0. The predicted molar refractivity (Wildman–Crippen MR) is 151 cm³/mol. The van der Waals surface area contributed by atoms with E-state index >= 15 is 0 Å². The first-order chi connectivity index (χ1) is 17.7. The van der Waals surface area contributed by atoms with E-state index in [4.69, 9.17) is 9.73 Å². The summed E-state index contributed by atoms with van der Waals surface area (Å²) in [6.07, 6.45) is 8.79. The fourth-order valence-corrected chi connectivity index (χ4v) is 5.70. The summed E-state index contributed by atoms with van der Waals surface area (Å²) < 4.78 is 6.05. The Labute approximate surface area is 213 Å². The van der Waals surface area contributed by atoms with Crippen LogP contribution < -0.4 is 10.1 Å². The lowest BCUT2D eigenvalue weighted by atomic mass is 9.76. The van der Waals surface area contributed by atoms with Crippen molar-refractivity contribution >= 4 is 28.4 Å². The lowest BCUT2D eigenvalue weighted by molar-refractivity contribution is 0.317. The minimum Gasteiger partial charge on any atom is -0.493 e. The number of hydrogen-bond acceptors (Lipinski definition) is 3. The zero-order valence-corrected chi connectivity index (χ0v) is 20.9. The van der Waals surface area contributed by atoms with E-state index in [0.29, 0.717) is 24.5 Å². The van der Waals surface area contributed by atoms with Gasteiger partial charge in [-0.3, -0.25) is 4.99 Å². The second-order valence-electron chi connectivity index (χ2n) is 9.96. The maximum absolute atomic E-state index is 6.05. The summed E-state index contributed by atoms with van der Waals surface area (Å²) in [4.78, 5) is 4.86. The molecule has 1 aliphatic heterocycles. The van der Waals surface area contributed by atoms with Crippen LogP contribution in [0.15, 0.2) is 96.0 Å². The van der Waals surface area contributed by atoms with Gasteiger partial charge in [0, 0.05) is 23.4 Å². The standard InChI is InChI=1S/C33H32N2O/c1-3-19-36-32-18-14-23-7-4-5-8-26(23)30(32)21-34-25-15-12-24(13-16-25)33-28-10-6-9-27(28)29-20-22(2)11-17-31(29)35-33/h4-9,11-18,20-21,27-28,33,35H,3,10,19H2,1-2H3/t27-,28-,33-/m0/s1. The van der Waals surface area contributed by atoms with Crippen LogP contribution in [0.3, 0.4) is 0 Å². The Morgan fingerprint density at radius 3 is 2.72 bits per heavy atom. The molecule has 0 saturated heterocycles. The summed E-state index contributed by atoms with van der Waals surface area (Å²) in [6.45, 7) is 5.00. The van der Waals surface area contributed by atoms with Crippen molar-refractivity contribution < 1.29 is 4.74 Å². The Morgan fingerprint density at radius 1 is 1.00 bits per heavy atom. The second kappa shape index (κ2) is 9.66. The van der Waals surface area contributed by atoms with Gasteiger partial charge in [0.05, 0.1) is 18.3 Å². The van der Waals surface area contributed by atoms with Gasteiger partial charge in [-0.1, -0.05) is 79.2 Å². The van der Waals surface area contributed by atoms with Gasteiger partial charge < -0.3 is 10.1 Å². The third kappa shape index (κ3) is 4.19. The maximum Gasteiger partial charge on any atom is 0.128 e. The highest BCUT2D eigenvalue weighted by molar-refractivity contribution is 6.03. The average Bonchev–Trinajstić information content (AvgIpc) is 3.41. The minimum absolute atomic E-state index is 0.297. The van der Waals surface area contributed by atoms with Crippen molar-refractivity contribution in [3.63, 3.8) is 0 Å². The molecule has 6 rings (SSSR count). The van der Waals surface area contributed by atoms with E-state index in [1.165, 1.54) is 27.8 Å². The molecule has 180 valence electrons. The van der Waals surface area contributed by atoms with Crippen molar-refractivity contribution in [2.45, 2.75) is 38.6 Å². The van der Waals surface area contributed by atoms with Crippen molar-refractivity contribution in [3.05, 3.63) is 113 Å². The van der Waals surface area contributed by atoms with Gasteiger partial charge in [-0.25, -0.2) is 0 Å². The fourth-order valence-electron chi connectivity index (χ4n) is 5.70. The Bertz CT molecular complexity index is 1450. The molecule has 0 bridgehead atoms. The molecule has 1 heterocycles. The Hall–Kier alpha value is -3.85. The molecular formula is C33H32N2O. The van der Waals surface area contributed by atoms with Crippen molar-refractivity contribution in [2.75, 3.05) is 11.9 Å². The summed E-state index contributed by atoms with van der Waals surface area (Å²) in [7, 11) is 0. The van der Waals surface area contributed by atoms with E-state index in [1.54, 1.807) is 0 Å². The molecule has 36 heavy (non-hydrogen) atoms. The molecule has 3 atom stereocenters. The molecule has 0 saturated carbocycles. The molecule has 1 N–H and O–H groups in total. The van der Waals surface area contributed by atoms with Crippen LogP contribution in [0.1, 0.15) is 54.0 Å². The minimum atomic E-state index is 0.297. The number of anilines is 1. The highest BCUT2D eigenvalue weighted by Crippen LogP contribution is 2.50. The van der Waals surface area contributed by atoms with Crippen LogP contribution in [0.4, 0.5) is 11.4 Å². The lowest BCUT2D eigenvalue weighted by Crippen LogP contribution is -2.29. The van der Waals surface area contributed by atoms with Crippen LogP contribution in [0.25, 0.3) is 10.8 Å². The SMILES string of the molecule is CCCOc1ccc2ccccc2c1C=Nc1ccc([C@@H]2Nc3ccc(C)cc3[C@H]3C=CC[C@@H]32)cc1. The highest BCUT2D eigenvalue weighted by atomic mass is 16.5. The van der Waals surface area contributed by atoms with Crippen LogP contribution in [-0.4, -0.2) is 12.8 Å². The molecule has 0 radical (unpaired) electrons. The molecule has 0 spiro atoms. The van der Waals surface area contributed by atoms with Gasteiger partial charge >= 0.3 is 0 Å². The number of fused-ring (bicyclic) bond motifs is 4. The lowest BCUT2D eigenvalue weighted by Gasteiger charge is -2.37.